The smallest absolute Gasteiger partial charge is 0.193 e. The molecular formula is C19H27IN4OS. The number of aromatic nitrogens is 1. The van der Waals surface area contributed by atoms with Crippen molar-refractivity contribution in [1.29, 1.82) is 0 Å². The molecule has 0 radical (unpaired) electrons. The van der Waals surface area contributed by atoms with Crippen LogP contribution in [-0.2, 0) is 11.3 Å². The summed E-state index contributed by atoms with van der Waals surface area (Å²) in [7, 11) is 5.59. The molecule has 142 valence electrons. The maximum Gasteiger partial charge on any atom is 0.193 e. The molecule has 0 spiro atoms. The van der Waals surface area contributed by atoms with Crippen molar-refractivity contribution >= 4 is 41.3 Å². The molecule has 0 bridgehead atoms. The van der Waals surface area contributed by atoms with Gasteiger partial charge in [-0.2, -0.15) is 0 Å². The van der Waals surface area contributed by atoms with E-state index in [1.165, 1.54) is 5.56 Å². The normalized spacial score (nSPS) is 20.2. The van der Waals surface area contributed by atoms with Crippen LogP contribution in [0.25, 0.3) is 0 Å². The summed E-state index contributed by atoms with van der Waals surface area (Å²) in [6, 6.07) is 11.1. The van der Waals surface area contributed by atoms with Gasteiger partial charge in [-0.3, -0.25) is 4.99 Å². The van der Waals surface area contributed by atoms with Crippen LogP contribution in [0.15, 0.2) is 40.7 Å². The maximum absolute atomic E-state index is 5.34. The number of nitrogens with one attached hydrogen (secondary N) is 1. The largest absolute Gasteiger partial charge is 0.375 e. The molecule has 2 aromatic rings. The Hall–Kier alpha value is -1.19. The lowest BCUT2D eigenvalue weighted by molar-refractivity contribution is 0.119. The standard InChI is InChI=1S/C19H26N4OS.HI/c1-13(24-4)18-21-15(12-25-18)11-23(3)19(20-2)22-17-10-16(17)14-8-6-5-7-9-14;/h5-9,12-13,16-17H,10-11H2,1-4H3,(H,20,22);1H. The molecule has 1 N–H and O–H groups in total. The van der Waals surface area contributed by atoms with Crippen LogP contribution in [0.2, 0.25) is 0 Å². The van der Waals surface area contributed by atoms with Gasteiger partial charge in [0, 0.05) is 38.5 Å². The number of thiazole rings is 1. The number of hydrogen-bond donors (Lipinski definition) is 1. The van der Waals surface area contributed by atoms with Crippen molar-refractivity contribution in [1.82, 2.24) is 15.2 Å². The van der Waals surface area contributed by atoms with Gasteiger partial charge in [-0.15, -0.1) is 35.3 Å². The number of guanidine groups is 1. The van der Waals surface area contributed by atoms with Crippen molar-refractivity contribution in [2.45, 2.75) is 38.0 Å². The minimum Gasteiger partial charge on any atom is -0.375 e. The fourth-order valence-corrected chi connectivity index (χ4v) is 3.78. The Balaban J connectivity index is 0.00000243. The highest BCUT2D eigenvalue weighted by Gasteiger charge is 2.39. The highest BCUT2D eigenvalue weighted by molar-refractivity contribution is 14.0. The molecule has 26 heavy (non-hydrogen) atoms. The Bertz CT molecular complexity index is 721. The van der Waals surface area contributed by atoms with Gasteiger partial charge in [0.2, 0.25) is 0 Å². The van der Waals surface area contributed by atoms with Crippen LogP contribution in [0, 0.1) is 0 Å². The van der Waals surface area contributed by atoms with E-state index in [4.69, 9.17) is 4.74 Å². The van der Waals surface area contributed by atoms with Crippen molar-refractivity contribution in [2.75, 3.05) is 21.2 Å². The van der Waals surface area contributed by atoms with Crippen LogP contribution >= 0.6 is 35.3 Å². The average Bonchev–Trinajstić information content (AvgIpc) is 3.27. The zero-order valence-electron chi connectivity index (χ0n) is 15.7. The number of aliphatic imine (C=N–C) groups is 1. The topological polar surface area (TPSA) is 49.8 Å². The third-order valence-corrected chi connectivity index (χ3v) is 5.63. The fraction of sp³-hybridized carbons (Fsp3) is 0.474. The number of nitrogens with zero attached hydrogens (tertiary/aromatic N) is 3. The minimum atomic E-state index is 0. The zero-order chi connectivity index (χ0) is 17.8. The Morgan fingerprint density at radius 3 is 2.81 bits per heavy atom. The average molecular weight is 486 g/mol. The van der Waals surface area contributed by atoms with E-state index in [0.29, 0.717) is 12.0 Å². The number of halogens is 1. The molecule has 1 heterocycles. The molecule has 0 aliphatic heterocycles. The molecule has 1 saturated carbocycles. The second-order valence-electron chi connectivity index (χ2n) is 6.46. The lowest BCUT2D eigenvalue weighted by Crippen LogP contribution is -2.40. The van der Waals surface area contributed by atoms with Gasteiger partial charge in [0.25, 0.3) is 0 Å². The van der Waals surface area contributed by atoms with Crippen molar-refractivity contribution in [3.63, 3.8) is 0 Å². The predicted molar refractivity (Wildman–Crippen MR) is 119 cm³/mol. The first-order valence-electron chi connectivity index (χ1n) is 8.58. The first-order chi connectivity index (χ1) is 12.1. The van der Waals surface area contributed by atoms with Crippen LogP contribution in [0.3, 0.4) is 0 Å². The summed E-state index contributed by atoms with van der Waals surface area (Å²) >= 11 is 1.64. The van der Waals surface area contributed by atoms with Gasteiger partial charge < -0.3 is 15.0 Å². The summed E-state index contributed by atoms with van der Waals surface area (Å²) in [5.41, 5.74) is 2.44. The molecule has 1 aliphatic carbocycles. The summed E-state index contributed by atoms with van der Waals surface area (Å²) in [5, 5.41) is 6.69. The van der Waals surface area contributed by atoms with Crippen molar-refractivity contribution in [3.05, 3.63) is 52.0 Å². The predicted octanol–water partition coefficient (Wildman–Crippen LogP) is 4.03. The maximum atomic E-state index is 5.34. The van der Waals surface area contributed by atoms with Crippen LogP contribution in [0.5, 0.6) is 0 Å². The molecule has 0 amide bonds. The molecule has 3 atom stereocenters. The van der Waals surface area contributed by atoms with E-state index in [0.717, 1.165) is 29.6 Å². The van der Waals surface area contributed by atoms with E-state index in [9.17, 15) is 0 Å². The Morgan fingerprint density at radius 1 is 1.42 bits per heavy atom. The van der Waals surface area contributed by atoms with Gasteiger partial charge in [0.1, 0.15) is 11.1 Å². The number of ether oxygens (including phenoxy) is 1. The number of methoxy groups -OCH3 is 1. The highest BCUT2D eigenvalue weighted by Crippen LogP contribution is 2.40. The van der Waals surface area contributed by atoms with Crippen molar-refractivity contribution in [3.8, 4) is 0 Å². The van der Waals surface area contributed by atoms with Crippen LogP contribution in [0.1, 0.15) is 41.6 Å². The number of benzene rings is 1. The van der Waals surface area contributed by atoms with E-state index < -0.39 is 0 Å². The van der Waals surface area contributed by atoms with Gasteiger partial charge in [-0.05, 0) is 18.9 Å². The summed E-state index contributed by atoms with van der Waals surface area (Å²) < 4.78 is 5.34. The number of rotatable bonds is 6. The molecule has 1 aromatic carbocycles. The summed E-state index contributed by atoms with van der Waals surface area (Å²) in [6.07, 6.45) is 1.20. The van der Waals surface area contributed by atoms with Crippen LogP contribution < -0.4 is 5.32 Å². The fourth-order valence-electron chi connectivity index (χ4n) is 2.94. The lowest BCUT2D eigenvalue weighted by Gasteiger charge is -2.21. The van der Waals surface area contributed by atoms with E-state index >= 15 is 0 Å². The van der Waals surface area contributed by atoms with Gasteiger partial charge in [0.15, 0.2) is 5.96 Å². The third kappa shape index (κ3) is 5.17. The first kappa shape index (κ1) is 21.1. The molecule has 3 unspecified atom stereocenters. The van der Waals surface area contributed by atoms with Gasteiger partial charge in [0.05, 0.1) is 12.2 Å². The Labute approximate surface area is 176 Å². The third-order valence-electron chi connectivity index (χ3n) is 4.58. The Morgan fingerprint density at radius 2 is 2.15 bits per heavy atom. The van der Waals surface area contributed by atoms with E-state index in [-0.39, 0.29) is 30.1 Å². The van der Waals surface area contributed by atoms with Crippen LogP contribution in [0.4, 0.5) is 0 Å². The van der Waals surface area contributed by atoms with E-state index in [1.807, 2.05) is 21.0 Å². The van der Waals surface area contributed by atoms with Gasteiger partial charge in [-0.1, -0.05) is 30.3 Å². The van der Waals surface area contributed by atoms with Gasteiger partial charge >= 0.3 is 0 Å². The molecular weight excluding hydrogens is 459 g/mol. The van der Waals surface area contributed by atoms with E-state index in [1.54, 1.807) is 18.4 Å². The second-order valence-corrected chi connectivity index (χ2v) is 7.35. The quantitative estimate of drug-likeness (QED) is 0.381. The number of hydrogen-bond acceptors (Lipinski definition) is 4. The minimum absolute atomic E-state index is 0. The lowest BCUT2D eigenvalue weighted by atomic mass is 10.1. The molecule has 1 fully saturated rings. The van der Waals surface area contributed by atoms with Crippen molar-refractivity contribution < 1.29 is 4.74 Å². The monoisotopic (exact) mass is 486 g/mol. The Kier molecular flexibility index (Phi) is 7.85. The molecule has 7 heteroatoms. The van der Waals surface area contributed by atoms with Crippen LogP contribution in [-0.4, -0.2) is 43.1 Å². The summed E-state index contributed by atoms with van der Waals surface area (Å²) in [4.78, 5) is 11.2. The molecule has 0 saturated heterocycles. The summed E-state index contributed by atoms with van der Waals surface area (Å²) in [6.45, 7) is 2.75. The van der Waals surface area contributed by atoms with Crippen molar-refractivity contribution in [2.24, 2.45) is 4.99 Å². The molecule has 3 rings (SSSR count). The zero-order valence-corrected chi connectivity index (χ0v) is 18.8. The molecule has 5 nitrogen and oxygen atoms in total. The highest BCUT2D eigenvalue weighted by atomic mass is 127. The first-order valence-corrected chi connectivity index (χ1v) is 9.46. The second kappa shape index (κ2) is 9.66. The molecule has 1 aromatic heterocycles. The van der Waals surface area contributed by atoms with E-state index in [2.05, 4.69) is 55.9 Å². The van der Waals surface area contributed by atoms with Gasteiger partial charge in [-0.25, -0.2) is 4.98 Å². The summed E-state index contributed by atoms with van der Waals surface area (Å²) in [5.74, 6) is 1.50. The molecule has 1 aliphatic rings. The SMILES string of the molecule is CN=C(NC1CC1c1ccccc1)N(C)Cc1csc(C(C)OC)n1.I.